The van der Waals surface area contributed by atoms with Gasteiger partial charge in [0.15, 0.2) is 5.60 Å². The molecule has 0 radical (unpaired) electrons. The lowest BCUT2D eigenvalue weighted by molar-refractivity contribution is -0.144. The molecule has 1 spiro atoms. The van der Waals surface area contributed by atoms with Crippen LogP contribution in [0, 0.1) is 5.41 Å². The van der Waals surface area contributed by atoms with Gasteiger partial charge in [0.25, 0.3) is 5.91 Å². The Labute approximate surface area is 269 Å². The Morgan fingerprint density at radius 3 is 2.46 bits per heavy atom. The van der Waals surface area contributed by atoms with Gasteiger partial charge in [0, 0.05) is 25.3 Å². The molecule has 2 saturated heterocycles. The van der Waals surface area contributed by atoms with E-state index in [9.17, 15) is 24.0 Å². The predicted octanol–water partition coefficient (Wildman–Crippen LogP) is 2.21. The zero-order valence-corrected chi connectivity index (χ0v) is 27.0. The SMILES string of the molecule is CCC[C@H](NC(=O)[C@@H]1C[C@]2(CC(c3ccccc3)=NO2)CN1C(=O)[C@@H](NC(=O)O[C@H]1CCOC1)C(C)(C)C)C(=O)C(=O)NC1CC1. The first-order valence-electron chi connectivity index (χ1n) is 16.2. The molecule has 13 heteroatoms. The van der Waals surface area contributed by atoms with Gasteiger partial charge in [-0.2, -0.15) is 0 Å². The van der Waals surface area contributed by atoms with E-state index in [4.69, 9.17) is 14.3 Å². The maximum Gasteiger partial charge on any atom is 0.408 e. The summed E-state index contributed by atoms with van der Waals surface area (Å²) in [5, 5.41) is 12.5. The van der Waals surface area contributed by atoms with Crippen LogP contribution in [0.15, 0.2) is 35.5 Å². The van der Waals surface area contributed by atoms with Crippen LogP contribution < -0.4 is 16.0 Å². The molecule has 13 nitrogen and oxygen atoms in total. The molecule has 4 aliphatic rings. The highest BCUT2D eigenvalue weighted by Gasteiger charge is 2.55. The molecule has 1 aliphatic carbocycles. The summed E-state index contributed by atoms with van der Waals surface area (Å²) in [6.07, 6.45) is 2.31. The molecule has 3 fully saturated rings. The van der Waals surface area contributed by atoms with Crippen molar-refractivity contribution in [3.63, 3.8) is 0 Å². The standard InChI is InChI=1S/C33H45N5O8/c1-5-9-23(26(39)29(41)34-21-12-13-21)35-28(40)25-17-33(16-24(37-46-33)20-10-7-6-8-11-20)19-38(25)30(42)27(32(2,3)4)36-31(43)45-22-14-15-44-18-22/h6-8,10-11,21-23,25,27H,5,9,12-19H2,1-4H3,(H,34,41)(H,35,40)(H,36,43)/t22-,23-,25-,27+,33+/m0/s1. The van der Waals surface area contributed by atoms with Crippen LogP contribution in [0.1, 0.15) is 78.2 Å². The Balaban J connectivity index is 1.38. The fourth-order valence-electron chi connectivity index (χ4n) is 6.11. The summed E-state index contributed by atoms with van der Waals surface area (Å²) >= 11 is 0. The Kier molecular flexibility index (Phi) is 9.99. The first kappa shape index (κ1) is 33.4. The van der Waals surface area contributed by atoms with Crippen LogP contribution in [-0.2, 0) is 33.5 Å². The van der Waals surface area contributed by atoms with E-state index in [1.807, 2.05) is 58.0 Å². The number of carbonyl (C=O) groups is 5. The number of likely N-dealkylation sites (tertiary alicyclic amines) is 1. The molecular weight excluding hydrogens is 594 g/mol. The zero-order chi connectivity index (χ0) is 33.1. The van der Waals surface area contributed by atoms with Gasteiger partial charge in [-0.05, 0) is 30.2 Å². The van der Waals surface area contributed by atoms with E-state index in [1.54, 1.807) is 0 Å². The van der Waals surface area contributed by atoms with Gasteiger partial charge in [-0.15, -0.1) is 0 Å². The number of hydrogen-bond donors (Lipinski definition) is 3. The van der Waals surface area contributed by atoms with E-state index in [0.717, 1.165) is 18.4 Å². The maximum atomic E-state index is 14.4. The minimum absolute atomic E-state index is 0.00901. The van der Waals surface area contributed by atoms with Gasteiger partial charge in [0.2, 0.25) is 17.6 Å². The molecule has 3 heterocycles. The number of amides is 4. The van der Waals surface area contributed by atoms with Crippen molar-refractivity contribution in [3.05, 3.63) is 35.9 Å². The number of ketones is 1. The van der Waals surface area contributed by atoms with Crippen LogP contribution >= 0.6 is 0 Å². The predicted molar refractivity (Wildman–Crippen MR) is 167 cm³/mol. The first-order valence-corrected chi connectivity index (χ1v) is 16.2. The second-order valence-corrected chi connectivity index (χ2v) is 13.8. The van der Waals surface area contributed by atoms with Gasteiger partial charge in [-0.25, -0.2) is 4.79 Å². The minimum Gasteiger partial charge on any atom is -0.444 e. The first-order chi connectivity index (χ1) is 21.9. The summed E-state index contributed by atoms with van der Waals surface area (Å²) < 4.78 is 10.8. The molecule has 3 N–H and O–H groups in total. The van der Waals surface area contributed by atoms with Gasteiger partial charge in [-0.1, -0.05) is 69.6 Å². The van der Waals surface area contributed by atoms with E-state index in [2.05, 4.69) is 21.1 Å². The normalized spacial score (nSPS) is 25.3. The van der Waals surface area contributed by atoms with Gasteiger partial charge >= 0.3 is 6.09 Å². The number of alkyl carbamates (subject to hydrolysis) is 1. The molecule has 1 saturated carbocycles. The van der Waals surface area contributed by atoms with E-state index in [1.165, 1.54) is 4.90 Å². The van der Waals surface area contributed by atoms with Crippen molar-refractivity contribution in [2.24, 2.45) is 10.6 Å². The summed E-state index contributed by atoms with van der Waals surface area (Å²) in [4.78, 5) is 74.4. The summed E-state index contributed by atoms with van der Waals surface area (Å²) in [6.45, 7) is 8.10. The van der Waals surface area contributed by atoms with Crippen molar-refractivity contribution < 1.29 is 38.3 Å². The Hall–Kier alpha value is -4.00. The van der Waals surface area contributed by atoms with Crippen LogP contribution in [0.2, 0.25) is 0 Å². The number of Topliss-reactive ketones (excluding diaryl/α,β-unsaturated/α-hetero) is 1. The average Bonchev–Trinajstić information content (AvgIpc) is 3.37. The third kappa shape index (κ3) is 7.86. The fourth-order valence-corrected chi connectivity index (χ4v) is 6.11. The van der Waals surface area contributed by atoms with Crippen molar-refractivity contribution >= 4 is 35.3 Å². The fraction of sp³-hybridized carbons (Fsp3) is 0.636. The molecule has 46 heavy (non-hydrogen) atoms. The van der Waals surface area contributed by atoms with Crippen LogP contribution in [0.5, 0.6) is 0 Å². The van der Waals surface area contributed by atoms with Crippen LogP contribution in [0.4, 0.5) is 4.79 Å². The Bertz CT molecular complexity index is 1350. The average molecular weight is 640 g/mol. The second-order valence-electron chi connectivity index (χ2n) is 13.8. The Morgan fingerprint density at radius 1 is 1.09 bits per heavy atom. The number of nitrogens with zero attached hydrogens (tertiary/aromatic N) is 2. The van der Waals surface area contributed by atoms with Crippen LogP contribution in [0.25, 0.3) is 0 Å². The highest BCUT2D eigenvalue weighted by Crippen LogP contribution is 2.40. The molecular formula is C33H45N5O8. The van der Waals surface area contributed by atoms with E-state index in [-0.39, 0.29) is 32.0 Å². The molecule has 1 aromatic carbocycles. The zero-order valence-electron chi connectivity index (χ0n) is 27.0. The summed E-state index contributed by atoms with van der Waals surface area (Å²) in [5.74, 6) is -2.51. The summed E-state index contributed by atoms with van der Waals surface area (Å²) in [5.41, 5.74) is -0.199. The Morgan fingerprint density at radius 2 is 1.83 bits per heavy atom. The topological polar surface area (TPSA) is 165 Å². The number of carbonyl (C=O) groups excluding carboxylic acids is 5. The number of benzene rings is 1. The number of oxime groups is 1. The van der Waals surface area contributed by atoms with E-state index < -0.39 is 64.8 Å². The number of rotatable bonds is 11. The van der Waals surface area contributed by atoms with Crippen molar-refractivity contribution in [1.82, 2.24) is 20.9 Å². The molecule has 4 amide bonds. The van der Waals surface area contributed by atoms with Crippen molar-refractivity contribution in [3.8, 4) is 0 Å². The highest BCUT2D eigenvalue weighted by molar-refractivity contribution is 6.38. The summed E-state index contributed by atoms with van der Waals surface area (Å²) in [7, 11) is 0. The monoisotopic (exact) mass is 639 g/mol. The molecule has 0 aromatic heterocycles. The van der Waals surface area contributed by atoms with Crippen LogP contribution in [0.3, 0.4) is 0 Å². The third-order valence-corrected chi connectivity index (χ3v) is 8.82. The largest absolute Gasteiger partial charge is 0.444 e. The highest BCUT2D eigenvalue weighted by atomic mass is 16.7. The smallest absolute Gasteiger partial charge is 0.408 e. The lowest BCUT2D eigenvalue weighted by Gasteiger charge is -2.35. The minimum atomic E-state index is -1.05. The molecule has 5 atom stereocenters. The van der Waals surface area contributed by atoms with Gasteiger partial charge in [-0.3, -0.25) is 19.2 Å². The maximum absolute atomic E-state index is 14.4. The number of hydrogen-bond acceptors (Lipinski definition) is 9. The molecule has 1 aromatic rings. The van der Waals surface area contributed by atoms with E-state index in [0.29, 0.717) is 31.6 Å². The van der Waals surface area contributed by atoms with Crippen molar-refractivity contribution in [1.29, 1.82) is 0 Å². The quantitative estimate of drug-likeness (QED) is 0.310. The number of ether oxygens (including phenoxy) is 2. The molecule has 250 valence electrons. The number of nitrogens with one attached hydrogen (secondary N) is 3. The molecule has 0 bridgehead atoms. The van der Waals surface area contributed by atoms with Gasteiger partial charge in [0.05, 0.1) is 31.5 Å². The molecule has 3 aliphatic heterocycles. The molecule has 0 unspecified atom stereocenters. The van der Waals surface area contributed by atoms with Crippen LogP contribution in [-0.4, -0.2) is 95.8 Å². The van der Waals surface area contributed by atoms with Crippen molar-refractivity contribution in [2.75, 3.05) is 19.8 Å². The van der Waals surface area contributed by atoms with E-state index >= 15 is 0 Å². The van der Waals surface area contributed by atoms with Crippen molar-refractivity contribution in [2.45, 2.75) is 109 Å². The van der Waals surface area contributed by atoms with Gasteiger partial charge < -0.3 is 35.2 Å². The lowest BCUT2D eigenvalue weighted by atomic mass is 9.85. The van der Waals surface area contributed by atoms with Gasteiger partial charge in [0.1, 0.15) is 18.2 Å². The lowest BCUT2D eigenvalue weighted by Crippen LogP contribution is -2.59. The summed E-state index contributed by atoms with van der Waals surface area (Å²) in [6, 6.07) is 6.35. The third-order valence-electron chi connectivity index (χ3n) is 8.82. The second kappa shape index (κ2) is 13.8. The molecule has 5 rings (SSSR count).